The highest BCUT2D eigenvalue weighted by Gasteiger charge is 2.45. The maximum absolute atomic E-state index is 14.8. The van der Waals surface area contributed by atoms with Crippen LogP contribution in [0.1, 0.15) is 31.2 Å². The third kappa shape index (κ3) is 5.52. The smallest absolute Gasteiger partial charge is 0.405 e. The summed E-state index contributed by atoms with van der Waals surface area (Å²) in [7, 11) is 0. The first-order valence-electron chi connectivity index (χ1n) is 11.8. The van der Waals surface area contributed by atoms with Gasteiger partial charge >= 0.3 is 6.09 Å². The third-order valence-electron chi connectivity index (χ3n) is 6.48. The van der Waals surface area contributed by atoms with E-state index >= 15 is 0 Å². The maximum atomic E-state index is 14.8. The molecule has 1 aliphatic carbocycles. The molecule has 0 unspecified atom stereocenters. The van der Waals surface area contributed by atoms with Crippen LogP contribution in [0.5, 0.6) is 11.6 Å². The number of carbonyl (C=O) groups is 1. The number of nitrogens with one attached hydrogen (secondary N) is 2. The third-order valence-corrected chi connectivity index (χ3v) is 6.84. The van der Waals surface area contributed by atoms with Crippen LogP contribution < -0.4 is 20.9 Å². The number of alkyl halides is 1. The highest BCUT2D eigenvalue weighted by atomic mass is 35.5. The van der Waals surface area contributed by atoms with Gasteiger partial charge in [-0.05, 0) is 49.4 Å². The number of hydrogen-bond donors (Lipinski definition) is 3. The number of hydrogen-bond acceptors (Lipinski definition) is 7. The van der Waals surface area contributed by atoms with Crippen LogP contribution in [0.15, 0.2) is 53.6 Å². The molecule has 1 saturated heterocycles. The van der Waals surface area contributed by atoms with Crippen LogP contribution in [0.25, 0.3) is 5.69 Å². The van der Waals surface area contributed by atoms with E-state index < -0.39 is 22.9 Å². The van der Waals surface area contributed by atoms with Crippen molar-refractivity contribution >= 4 is 23.4 Å². The molecule has 3 aromatic rings. The molecule has 1 aliphatic heterocycles. The van der Waals surface area contributed by atoms with Crippen molar-refractivity contribution in [2.24, 2.45) is 0 Å². The molecular weight excluding hydrogens is 505 g/mol. The second-order valence-corrected chi connectivity index (χ2v) is 9.62. The first-order valence-corrected chi connectivity index (χ1v) is 12.2. The normalized spacial score (nSPS) is 20.2. The molecule has 1 saturated carbocycles. The van der Waals surface area contributed by atoms with E-state index in [9.17, 15) is 14.0 Å². The van der Waals surface area contributed by atoms with E-state index in [-0.39, 0.29) is 23.9 Å². The Hall–Kier alpha value is -3.70. The molecule has 2 aliphatic rings. The topological polar surface area (TPSA) is 128 Å². The summed E-state index contributed by atoms with van der Waals surface area (Å²) in [6, 6.07) is 10.3. The van der Waals surface area contributed by atoms with E-state index in [4.69, 9.17) is 26.2 Å². The van der Waals surface area contributed by atoms with Crippen molar-refractivity contribution in [3.05, 3.63) is 69.7 Å². The molecule has 1 atom stereocenters. The molecule has 37 heavy (non-hydrogen) atoms. The summed E-state index contributed by atoms with van der Waals surface area (Å²) in [5.74, 6) is 0.819. The van der Waals surface area contributed by atoms with Gasteiger partial charge in [-0.15, -0.1) is 0 Å². The zero-order valence-electron chi connectivity index (χ0n) is 19.7. The van der Waals surface area contributed by atoms with Gasteiger partial charge in [0.25, 0.3) is 5.56 Å². The van der Waals surface area contributed by atoms with Crippen LogP contribution in [0.2, 0.25) is 5.02 Å². The summed E-state index contributed by atoms with van der Waals surface area (Å²) in [6.45, 7) is 0.500. The molecule has 1 amide bonds. The number of ether oxygens (including phenoxy) is 2. The molecular formula is C25H25ClFN5O5. The minimum Gasteiger partial charge on any atom is -0.465 e. The summed E-state index contributed by atoms with van der Waals surface area (Å²) in [5, 5.41) is 18.5. The molecule has 12 heteroatoms. The van der Waals surface area contributed by atoms with E-state index in [0.717, 1.165) is 23.1 Å². The minimum absolute atomic E-state index is 0.00491. The van der Waals surface area contributed by atoms with Gasteiger partial charge in [0.15, 0.2) is 5.67 Å². The zero-order chi connectivity index (χ0) is 26.0. The number of aromatic nitrogens is 3. The van der Waals surface area contributed by atoms with Crippen molar-refractivity contribution in [3.63, 3.8) is 0 Å². The molecule has 194 valence electrons. The predicted octanol–water partition coefficient (Wildman–Crippen LogP) is 4.26. The monoisotopic (exact) mass is 529 g/mol. The first kappa shape index (κ1) is 25.0. The molecule has 0 radical (unpaired) electrons. The lowest BCUT2D eigenvalue weighted by atomic mass is 9.99. The fourth-order valence-electron chi connectivity index (χ4n) is 4.29. The summed E-state index contributed by atoms with van der Waals surface area (Å²) in [6.07, 6.45) is 4.25. The van der Waals surface area contributed by atoms with Gasteiger partial charge in [-0.1, -0.05) is 23.7 Å². The highest BCUT2D eigenvalue weighted by molar-refractivity contribution is 6.32. The first-order chi connectivity index (χ1) is 17.8. The molecule has 10 nitrogen and oxygen atoms in total. The van der Waals surface area contributed by atoms with Crippen molar-refractivity contribution in [1.29, 1.82) is 0 Å². The van der Waals surface area contributed by atoms with Crippen molar-refractivity contribution in [3.8, 4) is 17.3 Å². The van der Waals surface area contributed by atoms with Crippen molar-refractivity contribution in [2.45, 2.75) is 36.9 Å². The van der Waals surface area contributed by atoms with Gasteiger partial charge < -0.3 is 25.2 Å². The molecule has 3 N–H and O–H groups in total. The Balaban J connectivity index is 1.24. The number of anilines is 1. The lowest BCUT2D eigenvalue weighted by molar-refractivity contribution is -0.0234. The van der Waals surface area contributed by atoms with E-state index in [2.05, 4.69) is 20.7 Å². The maximum Gasteiger partial charge on any atom is 0.405 e. The second-order valence-electron chi connectivity index (χ2n) is 9.24. The SMILES string of the molecule is O=C(O)NC1(c2ccc(Oc3ccc(-n4ncc(NC[C@@]5(F)CCCOC5)c(Cl)c4=O)cn3)cc2)CC1. The Kier molecular flexibility index (Phi) is 6.74. The van der Waals surface area contributed by atoms with Gasteiger partial charge in [0.2, 0.25) is 5.88 Å². The van der Waals surface area contributed by atoms with Crippen LogP contribution in [0.4, 0.5) is 14.9 Å². The molecule has 1 aromatic carbocycles. The Morgan fingerprint density at radius 3 is 2.59 bits per heavy atom. The average molecular weight is 530 g/mol. The average Bonchev–Trinajstić information content (AvgIpc) is 3.66. The van der Waals surface area contributed by atoms with Crippen LogP contribution in [-0.4, -0.2) is 51.4 Å². The van der Waals surface area contributed by atoms with Gasteiger partial charge in [-0.3, -0.25) is 4.79 Å². The van der Waals surface area contributed by atoms with E-state index in [1.807, 2.05) is 12.1 Å². The van der Waals surface area contributed by atoms with Crippen LogP contribution in [0.3, 0.4) is 0 Å². The van der Waals surface area contributed by atoms with E-state index in [1.165, 1.54) is 12.4 Å². The quantitative estimate of drug-likeness (QED) is 0.395. The molecule has 5 rings (SSSR count). The summed E-state index contributed by atoms with van der Waals surface area (Å²) in [5.41, 5.74) is -1.12. The van der Waals surface area contributed by atoms with Gasteiger partial charge in [-0.2, -0.15) is 9.78 Å². The lowest BCUT2D eigenvalue weighted by Gasteiger charge is -2.29. The van der Waals surface area contributed by atoms with Crippen molar-refractivity contribution < 1.29 is 23.8 Å². The number of amides is 1. The van der Waals surface area contributed by atoms with Crippen LogP contribution >= 0.6 is 11.6 Å². The number of carboxylic acid groups (broad SMARTS) is 1. The Bertz CT molecular complexity index is 1340. The molecule has 2 aromatic heterocycles. The Labute approximate surface area is 216 Å². The van der Waals surface area contributed by atoms with Gasteiger partial charge in [-0.25, -0.2) is 14.2 Å². The Morgan fingerprint density at radius 2 is 1.97 bits per heavy atom. The molecule has 0 bridgehead atoms. The number of rotatable bonds is 8. The summed E-state index contributed by atoms with van der Waals surface area (Å²) in [4.78, 5) is 28.1. The van der Waals surface area contributed by atoms with Crippen molar-refractivity contribution in [1.82, 2.24) is 20.1 Å². The largest absolute Gasteiger partial charge is 0.465 e. The zero-order valence-corrected chi connectivity index (χ0v) is 20.5. The number of nitrogens with zero attached hydrogens (tertiary/aromatic N) is 3. The minimum atomic E-state index is -1.52. The van der Waals surface area contributed by atoms with Crippen LogP contribution in [-0.2, 0) is 10.3 Å². The Morgan fingerprint density at radius 1 is 1.19 bits per heavy atom. The van der Waals surface area contributed by atoms with Gasteiger partial charge in [0.1, 0.15) is 10.8 Å². The second kappa shape index (κ2) is 9.98. The highest BCUT2D eigenvalue weighted by Crippen LogP contribution is 2.45. The molecule has 3 heterocycles. The number of halogens is 2. The van der Waals surface area contributed by atoms with E-state index in [0.29, 0.717) is 36.8 Å². The fraction of sp³-hybridized carbons (Fsp3) is 0.360. The van der Waals surface area contributed by atoms with Crippen molar-refractivity contribution in [2.75, 3.05) is 25.1 Å². The standard InChI is InChI=1S/C25H25ClFN5O5/c26-21-19(29-14-24(27)8-1-11-36-15-24)13-30-32(22(21)33)17-4-7-20(28-12-17)37-18-5-2-16(3-6-18)25(9-10-25)31-23(34)35/h2-7,12-13,29,31H,1,8-11,14-15H2,(H,34,35)/t24-/m0/s1. The van der Waals surface area contributed by atoms with Crippen LogP contribution in [0, 0.1) is 0 Å². The van der Waals surface area contributed by atoms with Gasteiger partial charge in [0.05, 0.1) is 42.5 Å². The predicted molar refractivity (Wildman–Crippen MR) is 134 cm³/mol. The summed E-state index contributed by atoms with van der Waals surface area (Å²) < 4.78 is 26.9. The summed E-state index contributed by atoms with van der Waals surface area (Å²) >= 11 is 6.26. The number of pyridine rings is 1. The van der Waals surface area contributed by atoms with E-state index in [1.54, 1.807) is 24.3 Å². The fourth-order valence-corrected chi connectivity index (χ4v) is 4.48. The molecule has 0 spiro atoms. The molecule has 2 fully saturated rings. The lowest BCUT2D eigenvalue weighted by Crippen LogP contribution is -2.40. The van der Waals surface area contributed by atoms with Gasteiger partial charge in [0, 0.05) is 12.7 Å². The number of benzene rings is 1.